The van der Waals surface area contributed by atoms with Crippen LogP contribution in [0.25, 0.3) is 11.3 Å². The van der Waals surface area contributed by atoms with E-state index in [0.29, 0.717) is 17.9 Å². The zero-order valence-electron chi connectivity index (χ0n) is 10.9. The summed E-state index contributed by atoms with van der Waals surface area (Å²) in [6.07, 6.45) is 0.961. The van der Waals surface area contributed by atoms with Gasteiger partial charge >= 0.3 is 5.97 Å². The summed E-state index contributed by atoms with van der Waals surface area (Å²) in [4.78, 5) is 10.9. The summed E-state index contributed by atoms with van der Waals surface area (Å²) >= 11 is 0. The van der Waals surface area contributed by atoms with Crippen LogP contribution >= 0.6 is 0 Å². The Morgan fingerprint density at radius 1 is 1.37 bits per heavy atom. The van der Waals surface area contributed by atoms with E-state index in [4.69, 9.17) is 9.84 Å². The number of carboxylic acids is 1. The van der Waals surface area contributed by atoms with Gasteiger partial charge in [0.05, 0.1) is 12.3 Å². The number of rotatable bonds is 5. The third kappa shape index (κ3) is 2.76. The first-order valence-corrected chi connectivity index (χ1v) is 6.15. The van der Waals surface area contributed by atoms with Gasteiger partial charge in [0.1, 0.15) is 11.4 Å². The van der Waals surface area contributed by atoms with Crippen molar-refractivity contribution in [1.29, 1.82) is 0 Å². The van der Waals surface area contributed by atoms with Crippen molar-refractivity contribution in [2.24, 2.45) is 0 Å². The zero-order chi connectivity index (χ0) is 13.8. The van der Waals surface area contributed by atoms with Gasteiger partial charge in [0, 0.05) is 11.1 Å². The lowest BCUT2D eigenvalue weighted by molar-refractivity contribution is 0.0689. The van der Waals surface area contributed by atoms with Crippen molar-refractivity contribution in [2.45, 2.75) is 20.3 Å². The van der Waals surface area contributed by atoms with Crippen LogP contribution in [0.4, 0.5) is 0 Å². The van der Waals surface area contributed by atoms with E-state index in [1.54, 1.807) is 6.92 Å². The van der Waals surface area contributed by atoms with E-state index in [2.05, 4.69) is 17.1 Å². The van der Waals surface area contributed by atoms with Crippen LogP contribution in [0.5, 0.6) is 5.75 Å². The van der Waals surface area contributed by atoms with Crippen molar-refractivity contribution in [1.82, 2.24) is 10.2 Å². The highest BCUT2D eigenvalue weighted by molar-refractivity contribution is 5.89. The lowest BCUT2D eigenvalue weighted by atomic mass is 10.1. The molecule has 0 saturated carbocycles. The predicted octanol–water partition coefficient (Wildman–Crippen LogP) is 2.87. The molecular weight excluding hydrogens is 244 g/mol. The molecule has 0 spiro atoms. The number of aromatic nitrogens is 2. The van der Waals surface area contributed by atoms with Crippen LogP contribution in [0.15, 0.2) is 24.3 Å². The molecule has 2 aromatic rings. The number of ether oxygens (including phenoxy) is 1. The van der Waals surface area contributed by atoms with Crippen molar-refractivity contribution in [2.75, 3.05) is 6.61 Å². The van der Waals surface area contributed by atoms with E-state index < -0.39 is 5.97 Å². The fourth-order valence-electron chi connectivity index (χ4n) is 1.82. The monoisotopic (exact) mass is 260 g/mol. The third-order valence-corrected chi connectivity index (χ3v) is 2.82. The second kappa shape index (κ2) is 5.56. The highest BCUT2D eigenvalue weighted by atomic mass is 16.5. The number of hydrogen-bond acceptors (Lipinski definition) is 3. The van der Waals surface area contributed by atoms with Crippen LogP contribution in [-0.4, -0.2) is 27.9 Å². The summed E-state index contributed by atoms with van der Waals surface area (Å²) in [5.74, 6) is -0.198. The first kappa shape index (κ1) is 13.1. The molecule has 0 atom stereocenters. The van der Waals surface area contributed by atoms with Gasteiger partial charge in [0.25, 0.3) is 0 Å². The van der Waals surface area contributed by atoms with Crippen LogP contribution in [-0.2, 0) is 0 Å². The fourth-order valence-corrected chi connectivity index (χ4v) is 1.82. The van der Waals surface area contributed by atoms with E-state index in [9.17, 15) is 4.79 Å². The van der Waals surface area contributed by atoms with Gasteiger partial charge in [-0.25, -0.2) is 4.79 Å². The summed E-state index contributed by atoms with van der Waals surface area (Å²) in [7, 11) is 0. The standard InChI is InChI=1S/C14H16N2O3/c1-3-8-19-11-6-4-10(5-7-11)12-9(2)13(14(17)18)16-15-12/h4-7H,3,8H2,1-2H3,(H,15,16)(H,17,18). The van der Waals surface area contributed by atoms with Crippen LogP contribution in [0.3, 0.4) is 0 Å². The quantitative estimate of drug-likeness (QED) is 0.866. The summed E-state index contributed by atoms with van der Waals surface area (Å²) in [5.41, 5.74) is 2.28. The SMILES string of the molecule is CCCOc1ccc(-c2n[nH]c(C(=O)O)c2C)cc1. The second-order valence-electron chi connectivity index (χ2n) is 4.25. The van der Waals surface area contributed by atoms with E-state index in [-0.39, 0.29) is 5.69 Å². The molecule has 1 heterocycles. The molecule has 0 bridgehead atoms. The fraction of sp³-hybridized carbons (Fsp3) is 0.286. The number of benzene rings is 1. The van der Waals surface area contributed by atoms with Crippen LogP contribution < -0.4 is 4.74 Å². The Balaban J connectivity index is 2.25. The highest BCUT2D eigenvalue weighted by Crippen LogP contribution is 2.25. The molecule has 0 unspecified atom stereocenters. The van der Waals surface area contributed by atoms with E-state index in [1.165, 1.54) is 0 Å². The maximum atomic E-state index is 10.9. The molecule has 0 radical (unpaired) electrons. The number of nitrogens with zero attached hydrogens (tertiary/aromatic N) is 1. The van der Waals surface area contributed by atoms with E-state index in [0.717, 1.165) is 17.7 Å². The molecular formula is C14H16N2O3. The Morgan fingerprint density at radius 3 is 2.58 bits per heavy atom. The molecule has 0 saturated heterocycles. The number of nitrogens with one attached hydrogen (secondary N) is 1. The summed E-state index contributed by atoms with van der Waals surface area (Å²) in [5, 5.41) is 15.6. The molecule has 2 N–H and O–H groups in total. The summed E-state index contributed by atoms with van der Waals surface area (Å²) in [6.45, 7) is 4.47. The van der Waals surface area contributed by atoms with Crippen molar-refractivity contribution >= 4 is 5.97 Å². The smallest absolute Gasteiger partial charge is 0.354 e. The van der Waals surface area contributed by atoms with Crippen molar-refractivity contribution in [3.63, 3.8) is 0 Å². The molecule has 0 aliphatic rings. The average Bonchev–Trinajstić information content (AvgIpc) is 2.79. The van der Waals surface area contributed by atoms with Crippen molar-refractivity contribution in [3.05, 3.63) is 35.5 Å². The molecule has 1 aromatic carbocycles. The largest absolute Gasteiger partial charge is 0.494 e. The lowest BCUT2D eigenvalue weighted by Gasteiger charge is -2.05. The van der Waals surface area contributed by atoms with Crippen LogP contribution in [0.1, 0.15) is 29.4 Å². The van der Waals surface area contributed by atoms with Gasteiger partial charge in [-0.2, -0.15) is 5.10 Å². The molecule has 0 aliphatic carbocycles. The Bertz CT molecular complexity index is 573. The van der Waals surface area contributed by atoms with Crippen molar-refractivity contribution < 1.29 is 14.6 Å². The number of hydrogen-bond donors (Lipinski definition) is 2. The number of aromatic amines is 1. The lowest BCUT2D eigenvalue weighted by Crippen LogP contribution is -1.98. The Hall–Kier alpha value is -2.30. The van der Waals surface area contributed by atoms with Crippen molar-refractivity contribution in [3.8, 4) is 17.0 Å². The number of carbonyl (C=O) groups is 1. The first-order valence-electron chi connectivity index (χ1n) is 6.15. The first-order chi connectivity index (χ1) is 9.13. The minimum absolute atomic E-state index is 0.126. The summed E-state index contributed by atoms with van der Waals surface area (Å²) in [6, 6.07) is 7.47. The molecule has 5 nitrogen and oxygen atoms in total. The average molecular weight is 260 g/mol. The number of H-pyrrole nitrogens is 1. The molecule has 5 heteroatoms. The molecule has 0 aliphatic heterocycles. The number of aromatic carboxylic acids is 1. The molecule has 2 rings (SSSR count). The Morgan fingerprint density at radius 2 is 2.05 bits per heavy atom. The van der Waals surface area contributed by atoms with Gasteiger partial charge in [-0.05, 0) is 37.6 Å². The molecule has 19 heavy (non-hydrogen) atoms. The molecule has 1 aromatic heterocycles. The minimum Gasteiger partial charge on any atom is -0.494 e. The number of carboxylic acid groups (broad SMARTS) is 1. The molecule has 0 amide bonds. The minimum atomic E-state index is -1.00. The Kier molecular flexibility index (Phi) is 3.85. The molecule has 0 fully saturated rings. The van der Waals surface area contributed by atoms with E-state index in [1.807, 2.05) is 24.3 Å². The van der Waals surface area contributed by atoms with Gasteiger partial charge < -0.3 is 9.84 Å². The highest BCUT2D eigenvalue weighted by Gasteiger charge is 2.15. The maximum Gasteiger partial charge on any atom is 0.354 e. The zero-order valence-corrected chi connectivity index (χ0v) is 10.9. The maximum absolute atomic E-state index is 10.9. The topological polar surface area (TPSA) is 75.2 Å². The van der Waals surface area contributed by atoms with Crippen LogP contribution in [0, 0.1) is 6.92 Å². The van der Waals surface area contributed by atoms with Crippen LogP contribution in [0.2, 0.25) is 0 Å². The van der Waals surface area contributed by atoms with Gasteiger partial charge in [0.2, 0.25) is 0 Å². The van der Waals surface area contributed by atoms with E-state index >= 15 is 0 Å². The third-order valence-electron chi connectivity index (χ3n) is 2.82. The van der Waals surface area contributed by atoms with Gasteiger partial charge in [-0.1, -0.05) is 6.92 Å². The van der Waals surface area contributed by atoms with Gasteiger partial charge in [0.15, 0.2) is 0 Å². The summed E-state index contributed by atoms with van der Waals surface area (Å²) < 4.78 is 5.50. The second-order valence-corrected chi connectivity index (χ2v) is 4.25. The molecule has 100 valence electrons. The van der Waals surface area contributed by atoms with Gasteiger partial charge in [-0.15, -0.1) is 0 Å². The Labute approximate surface area is 111 Å². The normalized spacial score (nSPS) is 10.4. The predicted molar refractivity (Wildman–Crippen MR) is 71.5 cm³/mol. The van der Waals surface area contributed by atoms with Gasteiger partial charge in [-0.3, -0.25) is 5.10 Å².